The number of aliphatic hydroxyl groups is 1. The molecule has 0 aromatic heterocycles. The van der Waals surface area contributed by atoms with Gasteiger partial charge in [-0.15, -0.1) is 0 Å². The maximum Gasteiger partial charge on any atom is 0.167 e. The van der Waals surface area contributed by atoms with Gasteiger partial charge in [0.15, 0.2) is 11.5 Å². The molecule has 1 aromatic rings. The van der Waals surface area contributed by atoms with Gasteiger partial charge in [-0.05, 0) is 45.6 Å². The molecule has 19 heavy (non-hydrogen) atoms. The topological polar surface area (TPSA) is 38.7 Å². The van der Waals surface area contributed by atoms with Crippen LogP contribution in [0.4, 0.5) is 0 Å². The van der Waals surface area contributed by atoms with Crippen LogP contribution in [0.3, 0.4) is 0 Å². The molecule has 1 fully saturated rings. The predicted octanol–water partition coefficient (Wildman–Crippen LogP) is 3.90. The van der Waals surface area contributed by atoms with Crippen LogP contribution in [0.5, 0.6) is 11.5 Å². The lowest BCUT2D eigenvalue weighted by molar-refractivity contribution is 0.0714. The Bertz CT molecular complexity index is 445. The zero-order valence-electron chi connectivity index (χ0n) is 11.7. The largest absolute Gasteiger partial charge is 0.493 e. The van der Waals surface area contributed by atoms with E-state index < -0.39 is 5.60 Å². The molecule has 0 heterocycles. The third kappa shape index (κ3) is 3.34. The number of methoxy groups -OCH3 is 1. The van der Waals surface area contributed by atoms with E-state index in [0.717, 1.165) is 12.8 Å². The van der Waals surface area contributed by atoms with Crippen LogP contribution in [0.15, 0.2) is 12.1 Å². The molecule has 0 aliphatic heterocycles. The molecule has 0 unspecified atom stereocenters. The summed E-state index contributed by atoms with van der Waals surface area (Å²) >= 11 is 6.08. The molecule has 0 spiro atoms. The van der Waals surface area contributed by atoms with Crippen LogP contribution >= 0.6 is 11.6 Å². The summed E-state index contributed by atoms with van der Waals surface area (Å²) in [5, 5.41) is 10.8. The minimum atomic E-state index is -1.02. The molecule has 1 aliphatic rings. The van der Waals surface area contributed by atoms with Gasteiger partial charge in [0.25, 0.3) is 0 Å². The molecule has 1 N–H and O–H groups in total. The molecule has 1 saturated carbocycles. The van der Waals surface area contributed by atoms with E-state index in [9.17, 15) is 5.11 Å². The van der Waals surface area contributed by atoms with Crippen molar-refractivity contribution < 1.29 is 14.6 Å². The predicted molar refractivity (Wildman–Crippen MR) is 76.1 cm³/mol. The van der Waals surface area contributed by atoms with Crippen LogP contribution in [-0.2, 0) is 5.60 Å². The van der Waals surface area contributed by atoms with Gasteiger partial charge < -0.3 is 14.6 Å². The van der Waals surface area contributed by atoms with Gasteiger partial charge in [0.05, 0.1) is 18.8 Å². The Morgan fingerprint density at radius 3 is 2.42 bits per heavy atom. The van der Waals surface area contributed by atoms with Crippen LogP contribution in [0.2, 0.25) is 5.02 Å². The highest BCUT2D eigenvalue weighted by Crippen LogP contribution is 2.41. The zero-order valence-corrected chi connectivity index (χ0v) is 12.5. The van der Waals surface area contributed by atoms with Gasteiger partial charge in [-0.2, -0.15) is 0 Å². The van der Waals surface area contributed by atoms with Gasteiger partial charge in [-0.3, -0.25) is 0 Å². The molecule has 2 rings (SSSR count). The van der Waals surface area contributed by atoms with Crippen LogP contribution in [0.25, 0.3) is 0 Å². The molecule has 3 nitrogen and oxygen atoms in total. The summed E-state index contributed by atoms with van der Waals surface area (Å²) in [6.07, 6.45) is 4.70. The SMILES string of the molecule is COc1cc(Cl)cc(C(C)(C)O)c1OC1CCCC1. The number of hydrogen-bond acceptors (Lipinski definition) is 3. The molecule has 0 radical (unpaired) electrons. The summed E-state index contributed by atoms with van der Waals surface area (Å²) in [5.74, 6) is 1.20. The average Bonchev–Trinajstić information content (AvgIpc) is 2.82. The molecular formula is C15H21ClO3. The maximum absolute atomic E-state index is 10.3. The monoisotopic (exact) mass is 284 g/mol. The first kappa shape index (κ1) is 14.5. The van der Waals surface area contributed by atoms with Crippen LogP contribution < -0.4 is 9.47 Å². The van der Waals surface area contributed by atoms with Crippen molar-refractivity contribution in [3.63, 3.8) is 0 Å². The number of hydrogen-bond donors (Lipinski definition) is 1. The Balaban J connectivity index is 2.42. The Morgan fingerprint density at radius 1 is 1.26 bits per heavy atom. The van der Waals surface area contributed by atoms with Crippen molar-refractivity contribution in [1.29, 1.82) is 0 Å². The van der Waals surface area contributed by atoms with E-state index in [1.165, 1.54) is 12.8 Å². The normalized spacial score (nSPS) is 16.7. The summed E-state index contributed by atoms with van der Waals surface area (Å²) in [6, 6.07) is 3.47. The molecule has 0 amide bonds. The standard InChI is InChI=1S/C15H21ClO3/c1-15(2,17)12-8-10(16)9-13(18-3)14(12)19-11-6-4-5-7-11/h8-9,11,17H,4-7H2,1-3H3. The Hall–Kier alpha value is -0.930. The third-order valence-electron chi connectivity index (χ3n) is 3.49. The smallest absolute Gasteiger partial charge is 0.167 e. The van der Waals surface area contributed by atoms with Crippen molar-refractivity contribution in [2.45, 2.75) is 51.2 Å². The summed E-state index contributed by atoms with van der Waals surface area (Å²) in [7, 11) is 1.58. The fourth-order valence-corrected chi connectivity index (χ4v) is 2.68. The molecule has 1 aliphatic carbocycles. The number of ether oxygens (including phenoxy) is 2. The quantitative estimate of drug-likeness (QED) is 0.911. The summed E-state index contributed by atoms with van der Waals surface area (Å²) in [4.78, 5) is 0. The van der Waals surface area contributed by atoms with Crippen molar-refractivity contribution in [1.82, 2.24) is 0 Å². The molecule has 1 aromatic carbocycles. The van der Waals surface area contributed by atoms with E-state index in [4.69, 9.17) is 21.1 Å². The first-order valence-corrected chi connectivity index (χ1v) is 7.06. The Morgan fingerprint density at radius 2 is 1.89 bits per heavy atom. The van der Waals surface area contributed by atoms with Crippen LogP contribution in [0, 0.1) is 0 Å². The van der Waals surface area contributed by atoms with Crippen molar-refractivity contribution in [3.05, 3.63) is 22.7 Å². The van der Waals surface area contributed by atoms with Gasteiger partial charge in [0.2, 0.25) is 0 Å². The van der Waals surface area contributed by atoms with Gasteiger partial charge in [0, 0.05) is 16.7 Å². The zero-order chi connectivity index (χ0) is 14.0. The highest BCUT2D eigenvalue weighted by molar-refractivity contribution is 6.30. The highest BCUT2D eigenvalue weighted by atomic mass is 35.5. The van der Waals surface area contributed by atoms with Crippen molar-refractivity contribution in [2.75, 3.05) is 7.11 Å². The van der Waals surface area contributed by atoms with Gasteiger partial charge >= 0.3 is 0 Å². The number of rotatable bonds is 4. The average molecular weight is 285 g/mol. The van der Waals surface area contributed by atoms with E-state index in [0.29, 0.717) is 22.1 Å². The number of benzene rings is 1. The van der Waals surface area contributed by atoms with E-state index in [-0.39, 0.29) is 6.10 Å². The second kappa shape index (κ2) is 5.59. The second-order valence-electron chi connectivity index (χ2n) is 5.57. The summed E-state index contributed by atoms with van der Waals surface area (Å²) < 4.78 is 11.4. The van der Waals surface area contributed by atoms with Crippen molar-refractivity contribution >= 4 is 11.6 Å². The molecule has 4 heteroatoms. The highest BCUT2D eigenvalue weighted by Gasteiger charge is 2.27. The molecular weight excluding hydrogens is 264 g/mol. The third-order valence-corrected chi connectivity index (χ3v) is 3.70. The van der Waals surface area contributed by atoms with E-state index in [1.807, 2.05) is 0 Å². The minimum Gasteiger partial charge on any atom is -0.493 e. The molecule has 0 bridgehead atoms. The van der Waals surface area contributed by atoms with Gasteiger partial charge in [-0.1, -0.05) is 11.6 Å². The van der Waals surface area contributed by atoms with Crippen LogP contribution in [0.1, 0.15) is 45.1 Å². The van der Waals surface area contributed by atoms with Gasteiger partial charge in [-0.25, -0.2) is 0 Å². The van der Waals surface area contributed by atoms with E-state index in [2.05, 4.69) is 0 Å². The van der Waals surface area contributed by atoms with Gasteiger partial charge in [0.1, 0.15) is 0 Å². The fraction of sp³-hybridized carbons (Fsp3) is 0.600. The first-order valence-electron chi connectivity index (χ1n) is 6.69. The van der Waals surface area contributed by atoms with Crippen LogP contribution in [-0.4, -0.2) is 18.3 Å². The fourth-order valence-electron chi connectivity index (χ4n) is 2.47. The lowest BCUT2D eigenvalue weighted by Gasteiger charge is -2.25. The maximum atomic E-state index is 10.3. The number of halogens is 1. The second-order valence-corrected chi connectivity index (χ2v) is 6.00. The lowest BCUT2D eigenvalue weighted by atomic mass is 9.97. The molecule has 0 atom stereocenters. The Kier molecular flexibility index (Phi) is 4.26. The molecule has 0 saturated heterocycles. The lowest BCUT2D eigenvalue weighted by Crippen LogP contribution is -2.20. The summed E-state index contributed by atoms with van der Waals surface area (Å²) in [5.41, 5.74) is -0.352. The van der Waals surface area contributed by atoms with Crippen molar-refractivity contribution in [3.8, 4) is 11.5 Å². The molecule has 106 valence electrons. The van der Waals surface area contributed by atoms with Crippen molar-refractivity contribution in [2.24, 2.45) is 0 Å². The Labute approximate surface area is 119 Å². The minimum absolute atomic E-state index is 0.205. The van der Waals surface area contributed by atoms with E-state index in [1.54, 1.807) is 33.1 Å². The summed E-state index contributed by atoms with van der Waals surface area (Å²) in [6.45, 7) is 3.44. The first-order chi connectivity index (χ1) is 8.91. The van der Waals surface area contributed by atoms with E-state index >= 15 is 0 Å².